The summed E-state index contributed by atoms with van der Waals surface area (Å²) in [6.07, 6.45) is 8.39. The number of rotatable bonds is 5. The largest absolute Gasteiger partial charge is 0.438 e. The van der Waals surface area contributed by atoms with Gasteiger partial charge in [0.15, 0.2) is 11.4 Å². The maximum Gasteiger partial charge on any atom is 0.204 e. The number of ketones is 1. The molecule has 32 heavy (non-hydrogen) atoms. The van der Waals surface area contributed by atoms with Gasteiger partial charge in [-0.3, -0.25) is 14.8 Å². The van der Waals surface area contributed by atoms with Crippen LogP contribution >= 0.6 is 0 Å². The van der Waals surface area contributed by atoms with Crippen LogP contribution in [0.25, 0.3) is 11.1 Å². The van der Waals surface area contributed by atoms with Crippen LogP contribution in [-0.2, 0) is 6.42 Å². The van der Waals surface area contributed by atoms with Crippen LogP contribution in [0.15, 0.2) is 35.1 Å². The summed E-state index contributed by atoms with van der Waals surface area (Å²) in [6.45, 7) is 3.14. The Morgan fingerprint density at radius 3 is 2.84 bits per heavy atom. The van der Waals surface area contributed by atoms with E-state index in [1.807, 2.05) is 25.3 Å². The Bertz CT molecular complexity index is 1140. The van der Waals surface area contributed by atoms with Crippen molar-refractivity contribution in [2.24, 2.45) is 11.7 Å². The number of nitrogens with zero attached hydrogens (tertiary/aromatic N) is 3. The fraction of sp³-hybridized carbons (Fsp3) is 0.458. The number of hydrogen-bond acceptors (Lipinski definition) is 8. The molecule has 0 radical (unpaired) electrons. The Kier molecular flexibility index (Phi) is 5.35. The number of hydrogen-bond donors (Lipinski definition) is 3. The normalized spacial score (nSPS) is 24.0. The average molecular weight is 436 g/mol. The predicted molar refractivity (Wildman–Crippen MR) is 123 cm³/mol. The second-order valence-electron chi connectivity index (χ2n) is 9.23. The van der Waals surface area contributed by atoms with Gasteiger partial charge in [0.05, 0.1) is 6.10 Å². The maximum atomic E-state index is 13.3. The van der Waals surface area contributed by atoms with Crippen molar-refractivity contribution in [3.63, 3.8) is 0 Å². The monoisotopic (exact) mass is 435 g/mol. The van der Waals surface area contributed by atoms with E-state index in [1.165, 1.54) is 6.42 Å². The molecule has 168 valence electrons. The summed E-state index contributed by atoms with van der Waals surface area (Å²) in [5.74, 6) is 0.490. The lowest BCUT2D eigenvalue weighted by molar-refractivity contribution is 0.0784. The standard InChI is InChI=1S/C24H29N5O3/c1-13-11-29(12-17(25)23(13)31)18-5-6-27-9-16(18)7-19(30)21-22-20(32-24(21)26)8-15(10-28-22)14-3-2-4-14/h5-6,8-10,13-14,17,23,31H,2-4,7,11-12,25-26H2,1H3/t13-,17+,23+/m0/s1. The van der Waals surface area contributed by atoms with Gasteiger partial charge in [-0.2, -0.15) is 0 Å². The lowest BCUT2D eigenvalue weighted by Crippen LogP contribution is -2.55. The Labute approximate surface area is 186 Å². The van der Waals surface area contributed by atoms with Crippen LogP contribution in [0.1, 0.15) is 53.6 Å². The second-order valence-corrected chi connectivity index (χ2v) is 9.23. The lowest BCUT2D eigenvalue weighted by Gasteiger charge is -2.40. The van der Waals surface area contributed by atoms with Gasteiger partial charge in [-0.05, 0) is 36.5 Å². The van der Waals surface area contributed by atoms with Crippen LogP contribution in [0.2, 0.25) is 0 Å². The SMILES string of the molecule is C[C@H]1CN(c2ccncc2CC(=O)c2c(N)oc3cc(C4CCC4)cnc23)C[C@@H](N)[C@@H]1O. The van der Waals surface area contributed by atoms with Gasteiger partial charge in [0, 0.05) is 61.3 Å². The molecule has 8 nitrogen and oxygen atoms in total. The summed E-state index contributed by atoms with van der Waals surface area (Å²) in [6, 6.07) is 3.51. The molecule has 3 atom stereocenters. The molecule has 5 rings (SSSR count). The predicted octanol–water partition coefficient (Wildman–Crippen LogP) is 2.64. The third-order valence-electron chi connectivity index (χ3n) is 6.96. The third-order valence-corrected chi connectivity index (χ3v) is 6.96. The number of anilines is 2. The molecule has 0 amide bonds. The van der Waals surface area contributed by atoms with Crippen molar-refractivity contribution >= 4 is 28.5 Å². The number of Topliss-reactive ketones (excluding diaryl/α,β-unsaturated/α-hetero) is 1. The zero-order valence-corrected chi connectivity index (χ0v) is 18.2. The van der Waals surface area contributed by atoms with E-state index in [-0.39, 0.29) is 30.0 Å². The van der Waals surface area contributed by atoms with E-state index in [2.05, 4.69) is 14.9 Å². The molecule has 3 aromatic rings. The highest BCUT2D eigenvalue weighted by Crippen LogP contribution is 2.38. The first-order valence-corrected chi connectivity index (χ1v) is 11.2. The van der Waals surface area contributed by atoms with Crippen LogP contribution in [0.3, 0.4) is 0 Å². The highest BCUT2D eigenvalue weighted by Gasteiger charge is 2.32. The molecule has 4 heterocycles. The van der Waals surface area contributed by atoms with Crippen LogP contribution in [0, 0.1) is 5.92 Å². The minimum atomic E-state index is -0.536. The first-order chi connectivity index (χ1) is 15.4. The number of fused-ring (bicyclic) bond motifs is 1. The van der Waals surface area contributed by atoms with Crippen molar-refractivity contribution in [3.05, 3.63) is 47.4 Å². The van der Waals surface area contributed by atoms with Crippen molar-refractivity contribution in [2.75, 3.05) is 23.7 Å². The van der Waals surface area contributed by atoms with Gasteiger partial charge in [0.1, 0.15) is 11.1 Å². The van der Waals surface area contributed by atoms with Gasteiger partial charge >= 0.3 is 0 Å². The Morgan fingerprint density at radius 1 is 1.31 bits per heavy atom. The molecule has 1 aliphatic carbocycles. The van der Waals surface area contributed by atoms with E-state index < -0.39 is 6.10 Å². The minimum absolute atomic E-state index is 0.0259. The number of carbonyl (C=O) groups excluding carboxylic acids is 1. The summed E-state index contributed by atoms with van der Waals surface area (Å²) in [5.41, 5.74) is 16.5. The van der Waals surface area contributed by atoms with Gasteiger partial charge in [-0.15, -0.1) is 0 Å². The molecular formula is C24H29N5O3. The summed E-state index contributed by atoms with van der Waals surface area (Å²) in [7, 11) is 0. The van der Waals surface area contributed by atoms with Crippen LogP contribution < -0.4 is 16.4 Å². The molecule has 1 saturated carbocycles. The molecule has 5 N–H and O–H groups in total. The number of pyridine rings is 2. The molecule has 0 unspecified atom stereocenters. The molecular weight excluding hydrogens is 406 g/mol. The first-order valence-electron chi connectivity index (χ1n) is 11.2. The fourth-order valence-electron chi connectivity index (χ4n) is 4.88. The number of piperidine rings is 1. The summed E-state index contributed by atoms with van der Waals surface area (Å²) in [4.78, 5) is 24.2. The van der Waals surface area contributed by atoms with Crippen molar-refractivity contribution < 1.29 is 14.3 Å². The second kappa shape index (κ2) is 8.18. The number of aliphatic hydroxyl groups excluding tert-OH is 1. The summed E-state index contributed by atoms with van der Waals surface area (Å²) < 4.78 is 5.73. The molecule has 0 aromatic carbocycles. The number of aromatic nitrogens is 2. The van der Waals surface area contributed by atoms with Gasteiger partial charge < -0.3 is 25.9 Å². The van der Waals surface area contributed by atoms with Crippen molar-refractivity contribution in [2.45, 2.75) is 50.7 Å². The average Bonchev–Trinajstić information content (AvgIpc) is 3.06. The van der Waals surface area contributed by atoms with E-state index >= 15 is 0 Å². The molecule has 3 aromatic heterocycles. The van der Waals surface area contributed by atoms with Crippen molar-refractivity contribution in [1.82, 2.24) is 9.97 Å². The maximum absolute atomic E-state index is 13.3. The van der Waals surface area contributed by atoms with Crippen LogP contribution in [0.4, 0.5) is 11.6 Å². The quantitative estimate of drug-likeness (QED) is 0.521. The zero-order valence-electron chi connectivity index (χ0n) is 18.2. The molecule has 8 heteroatoms. The van der Waals surface area contributed by atoms with Crippen LogP contribution in [0.5, 0.6) is 0 Å². The van der Waals surface area contributed by atoms with E-state index in [0.717, 1.165) is 29.7 Å². The number of aliphatic hydroxyl groups is 1. The van der Waals surface area contributed by atoms with E-state index in [4.69, 9.17) is 15.9 Å². The Balaban J connectivity index is 1.42. The number of nitrogens with two attached hydrogens (primary N) is 2. The number of furan rings is 1. The summed E-state index contributed by atoms with van der Waals surface area (Å²) >= 11 is 0. The van der Waals surface area contributed by atoms with E-state index in [1.54, 1.807) is 12.4 Å². The highest BCUT2D eigenvalue weighted by atomic mass is 16.3. The van der Waals surface area contributed by atoms with E-state index in [9.17, 15) is 9.90 Å². The molecule has 0 bridgehead atoms. The van der Waals surface area contributed by atoms with Crippen molar-refractivity contribution in [3.8, 4) is 0 Å². The van der Waals surface area contributed by atoms with Gasteiger partial charge in [-0.1, -0.05) is 13.3 Å². The van der Waals surface area contributed by atoms with Gasteiger partial charge in [-0.25, -0.2) is 0 Å². The van der Waals surface area contributed by atoms with Crippen LogP contribution in [-0.4, -0.2) is 46.1 Å². The Hall–Kier alpha value is -2.97. The molecule has 0 spiro atoms. The lowest BCUT2D eigenvalue weighted by atomic mass is 9.81. The van der Waals surface area contributed by atoms with Crippen molar-refractivity contribution in [1.29, 1.82) is 0 Å². The molecule has 1 aliphatic heterocycles. The Morgan fingerprint density at radius 2 is 2.12 bits per heavy atom. The molecule has 2 aliphatic rings. The smallest absolute Gasteiger partial charge is 0.204 e. The third kappa shape index (κ3) is 3.63. The topological polar surface area (TPSA) is 132 Å². The zero-order chi connectivity index (χ0) is 22.4. The summed E-state index contributed by atoms with van der Waals surface area (Å²) in [5, 5.41) is 10.2. The number of nitrogen functional groups attached to an aromatic ring is 1. The first kappa shape index (κ1) is 20.9. The fourth-order valence-corrected chi connectivity index (χ4v) is 4.88. The van der Waals surface area contributed by atoms with Gasteiger partial charge in [0.2, 0.25) is 5.88 Å². The number of carbonyl (C=O) groups is 1. The van der Waals surface area contributed by atoms with Gasteiger partial charge in [0.25, 0.3) is 0 Å². The highest BCUT2D eigenvalue weighted by molar-refractivity contribution is 6.10. The molecule has 1 saturated heterocycles. The van der Waals surface area contributed by atoms with E-state index in [0.29, 0.717) is 35.7 Å². The minimum Gasteiger partial charge on any atom is -0.438 e. The molecule has 2 fully saturated rings.